The van der Waals surface area contributed by atoms with Crippen LogP contribution in [0.2, 0.25) is 0 Å². The van der Waals surface area contributed by atoms with Gasteiger partial charge in [0.05, 0.1) is 0 Å². The third-order valence-electron chi connectivity index (χ3n) is 5.41. The summed E-state index contributed by atoms with van der Waals surface area (Å²) in [5.74, 6) is 0.111. The van der Waals surface area contributed by atoms with Crippen LogP contribution in [-0.4, -0.2) is 11.8 Å². The first-order valence-corrected chi connectivity index (χ1v) is 9.83. The predicted molar refractivity (Wildman–Crippen MR) is 110 cm³/mol. The molecule has 4 nitrogen and oxygen atoms in total. The predicted octanol–water partition coefficient (Wildman–Crippen LogP) is 4.94. The summed E-state index contributed by atoms with van der Waals surface area (Å²) in [5, 5.41) is 6.09. The van der Waals surface area contributed by atoms with Crippen molar-refractivity contribution in [2.45, 2.75) is 46.0 Å². The minimum atomic E-state index is -0.0162. The summed E-state index contributed by atoms with van der Waals surface area (Å²) in [6.07, 6.45) is 3.91. The summed E-state index contributed by atoms with van der Waals surface area (Å²) in [7, 11) is 0. The second-order valence-electron chi connectivity index (χ2n) is 7.41. The quantitative estimate of drug-likeness (QED) is 0.789. The van der Waals surface area contributed by atoms with E-state index >= 15 is 0 Å². The van der Waals surface area contributed by atoms with Crippen LogP contribution in [0.5, 0.6) is 0 Å². The van der Waals surface area contributed by atoms with Gasteiger partial charge in [-0.05, 0) is 68.4 Å². The highest BCUT2D eigenvalue weighted by atomic mass is 16.2. The Morgan fingerprint density at radius 1 is 0.889 bits per heavy atom. The van der Waals surface area contributed by atoms with Gasteiger partial charge in [-0.3, -0.25) is 9.59 Å². The first kappa shape index (κ1) is 19.2. The lowest BCUT2D eigenvalue weighted by atomic mass is 9.81. The van der Waals surface area contributed by atoms with Gasteiger partial charge in [-0.25, -0.2) is 0 Å². The fraction of sp³-hybridized carbons (Fsp3) is 0.391. The van der Waals surface area contributed by atoms with Crippen molar-refractivity contribution in [1.29, 1.82) is 0 Å². The maximum absolute atomic E-state index is 12.6. The highest BCUT2D eigenvalue weighted by Crippen LogP contribution is 2.31. The molecule has 4 heteroatoms. The third kappa shape index (κ3) is 4.97. The van der Waals surface area contributed by atoms with Gasteiger partial charge in [0.2, 0.25) is 11.8 Å². The number of hydrogen-bond acceptors (Lipinski definition) is 2. The van der Waals surface area contributed by atoms with Gasteiger partial charge in [0, 0.05) is 23.2 Å². The maximum atomic E-state index is 12.6. The summed E-state index contributed by atoms with van der Waals surface area (Å²) in [5.41, 5.74) is 4.03. The van der Waals surface area contributed by atoms with Crippen molar-refractivity contribution in [3.63, 3.8) is 0 Å². The van der Waals surface area contributed by atoms with E-state index in [1.165, 1.54) is 0 Å². The molecule has 1 saturated carbocycles. The smallest absolute Gasteiger partial charge is 0.227 e. The molecule has 0 aromatic heterocycles. The maximum Gasteiger partial charge on any atom is 0.227 e. The van der Waals surface area contributed by atoms with E-state index in [0.29, 0.717) is 0 Å². The first-order valence-electron chi connectivity index (χ1n) is 9.83. The molecule has 0 atom stereocenters. The third-order valence-corrected chi connectivity index (χ3v) is 5.41. The number of benzene rings is 2. The Bertz CT molecular complexity index is 808. The number of carbonyl (C=O) groups excluding carboxylic acids is 2. The molecule has 0 aliphatic heterocycles. The van der Waals surface area contributed by atoms with Crippen LogP contribution in [0.3, 0.4) is 0 Å². The van der Waals surface area contributed by atoms with Gasteiger partial charge in [-0.15, -0.1) is 0 Å². The topological polar surface area (TPSA) is 58.2 Å². The minimum Gasteiger partial charge on any atom is -0.326 e. The van der Waals surface area contributed by atoms with Gasteiger partial charge < -0.3 is 10.6 Å². The molecule has 1 aliphatic carbocycles. The first-order chi connectivity index (χ1) is 13.1. The van der Waals surface area contributed by atoms with Gasteiger partial charge in [0.15, 0.2) is 0 Å². The second-order valence-corrected chi connectivity index (χ2v) is 7.41. The van der Waals surface area contributed by atoms with Crippen LogP contribution in [0.15, 0.2) is 48.5 Å². The monoisotopic (exact) mass is 364 g/mol. The van der Waals surface area contributed by atoms with Crippen LogP contribution in [0.1, 0.15) is 43.7 Å². The van der Waals surface area contributed by atoms with Gasteiger partial charge in [0.1, 0.15) is 0 Å². The van der Waals surface area contributed by atoms with E-state index in [1.807, 2.05) is 55.5 Å². The zero-order chi connectivity index (χ0) is 19.2. The highest BCUT2D eigenvalue weighted by Gasteiger charge is 2.30. The van der Waals surface area contributed by atoms with Gasteiger partial charge >= 0.3 is 0 Å². The van der Waals surface area contributed by atoms with Crippen LogP contribution < -0.4 is 10.6 Å². The molecule has 142 valence electrons. The van der Waals surface area contributed by atoms with Crippen molar-refractivity contribution in [2.75, 3.05) is 10.6 Å². The van der Waals surface area contributed by atoms with Crippen molar-refractivity contribution in [1.82, 2.24) is 0 Å². The lowest BCUT2D eigenvalue weighted by molar-refractivity contribution is -0.125. The van der Waals surface area contributed by atoms with Gasteiger partial charge in [0.25, 0.3) is 0 Å². The molecular weight excluding hydrogens is 336 g/mol. The summed E-state index contributed by atoms with van der Waals surface area (Å²) < 4.78 is 0. The Labute approximate surface area is 161 Å². The number of anilines is 2. The van der Waals surface area contributed by atoms with Crippen molar-refractivity contribution in [2.24, 2.45) is 11.8 Å². The number of carbonyl (C=O) groups is 2. The van der Waals surface area contributed by atoms with E-state index in [-0.39, 0.29) is 23.7 Å². The lowest BCUT2D eigenvalue weighted by Gasteiger charge is -2.27. The van der Waals surface area contributed by atoms with E-state index in [9.17, 15) is 9.59 Å². The second kappa shape index (κ2) is 8.85. The summed E-state index contributed by atoms with van der Waals surface area (Å²) in [4.78, 5) is 25.1. The summed E-state index contributed by atoms with van der Waals surface area (Å²) >= 11 is 0. The van der Waals surface area contributed by atoms with E-state index < -0.39 is 0 Å². The molecule has 0 heterocycles. The number of amides is 2. The summed E-state index contributed by atoms with van der Waals surface area (Å²) in [6.45, 7) is 4.10. The van der Waals surface area contributed by atoms with Crippen molar-refractivity contribution >= 4 is 23.2 Å². The molecule has 0 saturated heterocycles. The zero-order valence-corrected chi connectivity index (χ0v) is 16.1. The molecular formula is C23H28N2O2. The Balaban J connectivity index is 1.52. The standard InChI is InChI=1S/C23H28N2O2/c1-3-17-8-4-5-10-21(17)25-23(27)19-13-11-18(12-14-19)22(26)24-20-9-6-7-16(2)15-20/h4-10,15,18-19H,3,11-14H2,1-2H3,(H,24,26)(H,25,27). The zero-order valence-electron chi connectivity index (χ0n) is 16.1. The average Bonchev–Trinajstić information content (AvgIpc) is 2.68. The normalized spacial score (nSPS) is 19.3. The van der Waals surface area contributed by atoms with Crippen LogP contribution in [0, 0.1) is 18.8 Å². The van der Waals surface area contributed by atoms with Crippen LogP contribution in [-0.2, 0) is 16.0 Å². The van der Waals surface area contributed by atoms with E-state index in [0.717, 1.165) is 54.6 Å². The molecule has 2 amide bonds. The van der Waals surface area contributed by atoms with Gasteiger partial charge in [-0.2, -0.15) is 0 Å². The van der Waals surface area contributed by atoms with Gasteiger partial charge in [-0.1, -0.05) is 37.3 Å². The van der Waals surface area contributed by atoms with E-state index in [2.05, 4.69) is 17.6 Å². The van der Waals surface area contributed by atoms with E-state index in [4.69, 9.17) is 0 Å². The number of aryl methyl sites for hydroxylation is 2. The molecule has 2 N–H and O–H groups in total. The van der Waals surface area contributed by atoms with Crippen molar-refractivity contribution in [3.05, 3.63) is 59.7 Å². The molecule has 0 bridgehead atoms. The Hall–Kier alpha value is -2.62. The SMILES string of the molecule is CCc1ccccc1NC(=O)C1CCC(C(=O)Nc2cccc(C)c2)CC1. The Morgan fingerprint density at radius 2 is 1.52 bits per heavy atom. The molecule has 0 radical (unpaired) electrons. The fourth-order valence-corrected chi connectivity index (χ4v) is 3.77. The summed E-state index contributed by atoms with van der Waals surface area (Å²) in [6, 6.07) is 15.8. The number of rotatable bonds is 5. The van der Waals surface area contributed by atoms with Crippen molar-refractivity contribution < 1.29 is 9.59 Å². The molecule has 3 rings (SSSR count). The van der Waals surface area contributed by atoms with Crippen LogP contribution >= 0.6 is 0 Å². The molecule has 0 unspecified atom stereocenters. The number of nitrogens with one attached hydrogen (secondary N) is 2. The minimum absolute atomic E-state index is 0.0158. The van der Waals surface area contributed by atoms with Crippen molar-refractivity contribution in [3.8, 4) is 0 Å². The molecule has 2 aromatic carbocycles. The Kier molecular flexibility index (Phi) is 6.28. The molecule has 1 fully saturated rings. The largest absolute Gasteiger partial charge is 0.326 e. The molecule has 2 aromatic rings. The van der Waals surface area contributed by atoms with E-state index in [1.54, 1.807) is 0 Å². The lowest BCUT2D eigenvalue weighted by Crippen LogP contribution is -2.32. The Morgan fingerprint density at radius 3 is 2.15 bits per heavy atom. The number of para-hydroxylation sites is 1. The highest BCUT2D eigenvalue weighted by molar-refractivity contribution is 5.95. The fourth-order valence-electron chi connectivity index (χ4n) is 3.77. The molecule has 1 aliphatic rings. The van der Waals surface area contributed by atoms with Crippen LogP contribution in [0.4, 0.5) is 11.4 Å². The molecule has 0 spiro atoms. The molecule has 27 heavy (non-hydrogen) atoms. The number of hydrogen-bond donors (Lipinski definition) is 2. The average molecular weight is 364 g/mol. The van der Waals surface area contributed by atoms with Crippen LogP contribution in [0.25, 0.3) is 0 Å².